The van der Waals surface area contributed by atoms with Crippen molar-refractivity contribution in [1.29, 1.82) is 0 Å². The van der Waals surface area contributed by atoms with Gasteiger partial charge in [0.25, 0.3) is 11.8 Å². The van der Waals surface area contributed by atoms with Gasteiger partial charge in [0.1, 0.15) is 11.5 Å². The molecule has 1 aliphatic heterocycles. The molecule has 3 aromatic rings. The van der Waals surface area contributed by atoms with Crippen LogP contribution in [0, 0.1) is 5.82 Å². The normalized spacial score (nSPS) is 22.4. The van der Waals surface area contributed by atoms with Crippen LogP contribution in [0.25, 0.3) is 16.9 Å². The number of benzene rings is 1. The number of amides is 1. The molecule has 5 rings (SSSR count). The fourth-order valence-electron chi connectivity index (χ4n) is 4.78. The fourth-order valence-corrected chi connectivity index (χ4v) is 4.78. The number of carbonyl (C=O) groups excluding carboxylic acids is 1. The highest BCUT2D eigenvalue weighted by molar-refractivity contribution is 5.93. The first kappa shape index (κ1) is 21.9. The third-order valence-electron chi connectivity index (χ3n) is 6.89. The van der Waals surface area contributed by atoms with Crippen molar-refractivity contribution in [2.45, 2.75) is 70.3 Å². The number of carbonyl (C=O) groups is 1. The maximum Gasteiger partial charge on any atom is 0.272 e. The summed E-state index contributed by atoms with van der Waals surface area (Å²) in [7, 11) is 0. The van der Waals surface area contributed by atoms with E-state index in [-0.39, 0.29) is 23.9 Å². The van der Waals surface area contributed by atoms with Crippen LogP contribution in [-0.2, 0) is 6.42 Å². The van der Waals surface area contributed by atoms with E-state index in [4.69, 9.17) is 0 Å². The summed E-state index contributed by atoms with van der Waals surface area (Å²) in [4.78, 5) is 19.7. The Bertz CT molecular complexity index is 1220. The zero-order chi connectivity index (χ0) is 23.3. The lowest BCUT2D eigenvalue weighted by Crippen LogP contribution is -2.38. The minimum absolute atomic E-state index is 0.0924. The van der Waals surface area contributed by atoms with Crippen LogP contribution in [0.2, 0.25) is 0 Å². The van der Waals surface area contributed by atoms with Crippen LogP contribution in [0.1, 0.15) is 73.6 Å². The number of aromatic nitrogens is 3. The number of halogens is 3. The van der Waals surface area contributed by atoms with Gasteiger partial charge in [-0.1, -0.05) is 25.8 Å². The monoisotopic (exact) mass is 456 g/mol. The lowest BCUT2D eigenvalue weighted by atomic mass is 10.1. The van der Waals surface area contributed by atoms with E-state index in [1.54, 1.807) is 16.6 Å². The van der Waals surface area contributed by atoms with Gasteiger partial charge in [0.05, 0.1) is 11.6 Å². The second-order valence-electron chi connectivity index (χ2n) is 9.24. The average molecular weight is 457 g/mol. The SMILES string of the molecule is CCc1cc(C(=O)N2CCCCC[C@H]2C)nc2cc(-c3ccc(C4CC4(F)F)cc3F)nn12. The van der Waals surface area contributed by atoms with Crippen LogP contribution in [0.15, 0.2) is 30.3 Å². The molecule has 0 N–H and O–H groups in total. The number of alkyl halides is 2. The Labute approximate surface area is 190 Å². The summed E-state index contributed by atoms with van der Waals surface area (Å²) < 4.78 is 43.2. The van der Waals surface area contributed by atoms with Gasteiger partial charge in [0.15, 0.2) is 5.65 Å². The lowest BCUT2D eigenvalue weighted by molar-refractivity contribution is 0.0691. The quantitative estimate of drug-likeness (QED) is 0.512. The smallest absolute Gasteiger partial charge is 0.272 e. The molecule has 174 valence electrons. The van der Waals surface area contributed by atoms with Crippen LogP contribution >= 0.6 is 0 Å². The van der Waals surface area contributed by atoms with Crippen molar-refractivity contribution in [2.75, 3.05) is 6.54 Å². The number of rotatable bonds is 4. The molecule has 1 unspecified atom stereocenters. The summed E-state index contributed by atoms with van der Waals surface area (Å²) in [6.45, 7) is 4.75. The van der Waals surface area contributed by atoms with Crippen LogP contribution in [0.5, 0.6) is 0 Å². The van der Waals surface area contributed by atoms with Gasteiger partial charge >= 0.3 is 0 Å². The molecule has 0 spiro atoms. The maximum atomic E-state index is 14.8. The van der Waals surface area contributed by atoms with E-state index in [1.165, 1.54) is 18.2 Å². The van der Waals surface area contributed by atoms with Crippen molar-refractivity contribution < 1.29 is 18.0 Å². The minimum atomic E-state index is -2.75. The highest BCUT2D eigenvalue weighted by Crippen LogP contribution is 2.55. The Hall–Kier alpha value is -2.90. The lowest BCUT2D eigenvalue weighted by Gasteiger charge is -2.27. The van der Waals surface area contributed by atoms with Crippen LogP contribution < -0.4 is 0 Å². The van der Waals surface area contributed by atoms with Gasteiger partial charge in [-0.25, -0.2) is 22.7 Å². The predicted octanol–water partition coefficient (Wildman–Crippen LogP) is 5.63. The molecule has 1 aliphatic carbocycles. The largest absolute Gasteiger partial charge is 0.335 e. The molecule has 0 bridgehead atoms. The van der Waals surface area contributed by atoms with Crippen molar-refractivity contribution in [3.05, 3.63) is 53.1 Å². The number of aryl methyl sites for hydroxylation is 1. The topological polar surface area (TPSA) is 50.5 Å². The number of likely N-dealkylation sites (tertiary alicyclic amines) is 1. The molecule has 1 aromatic carbocycles. The molecule has 5 nitrogen and oxygen atoms in total. The summed E-state index contributed by atoms with van der Waals surface area (Å²) in [5.74, 6) is -4.34. The third kappa shape index (κ3) is 4.00. The molecule has 3 heterocycles. The van der Waals surface area contributed by atoms with E-state index in [9.17, 15) is 18.0 Å². The molecule has 1 saturated heterocycles. The van der Waals surface area contributed by atoms with Crippen molar-refractivity contribution in [2.24, 2.45) is 0 Å². The number of hydrogen-bond donors (Lipinski definition) is 0. The van der Waals surface area contributed by atoms with Gasteiger partial charge in [-0.2, -0.15) is 5.10 Å². The van der Waals surface area contributed by atoms with E-state index >= 15 is 0 Å². The second-order valence-corrected chi connectivity index (χ2v) is 9.24. The molecule has 2 aliphatic rings. The van der Waals surface area contributed by atoms with Crippen molar-refractivity contribution in [3.63, 3.8) is 0 Å². The highest BCUT2D eigenvalue weighted by Gasteiger charge is 2.57. The van der Waals surface area contributed by atoms with Gasteiger partial charge in [0, 0.05) is 36.3 Å². The van der Waals surface area contributed by atoms with E-state index in [1.807, 2.05) is 11.8 Å². The molecular weight excluding hydrogens is 429 g/mol. The Morgan fingerprint density at radius 1 is 1.18 bits per heavy atom. The summed E-state index contributed by atoms with van der Waals surface area (Å²) in [5, 5.41) is 4.52. The minimum Gasteiger partial charge on any atom is -0.335 e. The van der Waals surface area contributed by atoms with Crippen LogP contribution in [-0.4, -0.2) is 43.9 Å². The molecule has 1 amide bonds. The average Bonchev–Trinajstić information content (AvgIpc) is 3.31. The first-order valence-electron chi connectivity index (χ1n) is 11.7. The molecule has 8 heteroatoms. The number of fused-ring (bicyclic) bond motifs is 1. The Kier molecular flexibility index (Phi) is 5.41. The first-order valence-corrected chi connectivity index (χ1v) is 11.7. The summed E-state index contributed by atoms with van der Waals surface area (Å²) in [6.07, 6.45) is 4.58. The van der Waals surface area contributed by atoms with E-state index in [0.717, 1.165) is 37.9 Å². The zero-order valence-corrected chi connectivity index (χ0v) is 18.8. The van der Waals surface area contributed by atoms with E-state index in [0.29, 0.717) is 29.0 Å². The van der Waals surface area contributed by atoms with Crippen molar-refractivity contribution in [1.82, 2.24) is 19.5 Å². The molecule has 0 radical (unpaired) electrons. The molecule has 2 fully saturated rings. The van der Waals surface area contributed by atoms with Crippen molar-refractivity contribution in [3.8, 4) is 11.3 Å². The van der Waals surface area contributed by atoms with Gasteiger partial charge in [0.2, 0.25) is 0 Å². The number of hydrogen-bond acceptors (Lipinski definition) is 3. The Morgan fingerprint density at radius 3 is 2.67 bits per heavy atom. The van der Waals surface area contributed by atoms with E-state index in [2.05, 4.69) is 17.0 Å². The Morgan fingerprint density at radius 2 is 1.97 bits per heavy atom. The summed E-state index contributed by atoms with van der Waals surface area (Å²) in [5.41, 5.74) is 2.52. The fraction of sp³-hybridized carbons (Fsp3) is 0.480. The predicted molar refractivity (Wildman–Crippen MR) is 119 cm³/mol. The highest BCUT2D eigenvalue weighted by atomic mass is 19.3. The molecule has 1 saturated carbocycles. The van der Waals surface area contributed by atoms with Crippen LogP contribution in [0.4, 0.5) is 13.2 Å². The van der Waals surface area contributed by atoms with Gasteiger partial charge in [-0.3, -0.25) is 4.79 Å². The van der Waals surface area contributed by atoms with Gasteiger partial charge in [-0.15, -0.1) is 0 Å². The van der Waals surface area contributed by atoms with Crippen molar-refractivity contribution >= 4 is 11.6 Å². The Balaban J connectivity index is 1.50. The van der Waals surface area contributed by atoms with Gasteiger partial charge < -0.3 is 4.90 Å². The molecular formula is C25H27F3N4O. The number of nitrogens with zero attached hydrogens (tertiary/aromatic N) is 4. The van der Waals surface area contributed by atoms with E-state index < -0.39 is 17.7 Å². The van der Waals surface area contributed by atoms with Crippen LogP contribution in [0.3, 0.4) is 0 Å². The molecule has 33 heavy (non-hydrogen) atoms. The van der Waals surface area contributed by atoms with Gasteiger partial charge in [-0.05, 0) is 49.9 Å². The third-order valence-corrected chi connectivity index (χ3v) is 6.89. The molecule has 2 aromatic heterocycles. The zero-order valence-electron chi connectivity index (χ0n) is 18.8. The summed E-state index contributed by atoms with van der Waals surface area (Å²) >= 11 is 0. The first-order chi connectivity index (χ1) is 15.8. The summed E-state index contributed by atoms with van der Waals surface area (Å²) in [6, 6.07) is 7.78. The second kappa shape index (κ2) is 8.15. The standard InChI is InChI=1S/C25H27F3N4O/c1-3-17-12-22(24(33)31-10-6-4-5-7-15(31)2)29-23-13-21(30-32(17)23)18-9-8-16(11-20(18)26)19-14-25(19,27)28/h8-9,11-13,15,19H,3-7,10,14H2,1-2H3/t15-,19?/m1/s1. The maximum absolute atomic E-state index is 14.8. The molecule has 2 atom stereocenters.